The van der Waals surface area contributed by atoms with Gasteiger partial charge < -0.3 is 4.74 Å². The first-order valence-electron chi connectivity index (χ1n) is 6.41. The minimum Gasteiger partial charge on any atom is -0.375 e. The molecule has 0 amide bonds. The lowest BCUT2D eigenvalue weighted by Crippen LogP contribution is -2.20. The molecule has 0 N–H and O–H groups in total. The first kappa shape index (κ1) is 13.2. The van der Waals surface area contributed by atoms with Crippen LogP contribution in [-0.2, 0) is 11.2 Å². The molecule has 0 aliphatic rings. The maximum Gasteiger partial charge on any atom is 0.0618 e. The number of hydrogen-bond acceptors (Lipinski definition) is 1. The van der Waals surface area contributed by atoms with Crippen molar-refractivity contribution in [3.8, 4) is 0 Å². The average molecular weight is 220 g/mol. The minimum absolute atomic E-state index is 0.325. The third kappa shape index (κ3) is 5.32. The maximum absolute atomic E-state index is 5.96. The van der Waals surface area contributed by atoms with Gasteiger partial charge in [-0.15, -0.1) is 0 Å². The zero-order valence-corrected chi connectivity index (χ0v) is 10.8. The second-order valence-corrected chi connectivity index (χ2v) is 4.64. The standard InChI is InChI=1S/C15H24O/c1-4-5-11-15(16-13(2)3)12-14-9-7-6-8-10-14/h6-10,13,15H,4-5,11-12H2,1-3H3. The van der Waals surface area contributed by atoms with Crippen LogP contribution in [0.5, 0.6) is 0 Å². The fraction of sp³-hybridized carbons (Fsp3) is 0.600. The summed E-state index contributed by atoms with van der Waals surface area (Å²) in [7, 11) is 0. The number of rotatable bonds is 7. The molecule has 0 bridgehead atoms. The van der Waals surface area contributed by atoms with E-state index in [0.29, 0.717) is 12.2 Å². The Hall–Kier alpha value is -0.820. The van der Waals surface area contributed by atoms with E-state index in [1.54, 1.807) is 0 Å². The average Bonchev–Trinajstić information content (AvgIpc) is 2.26. The summed E-state index contributed by atoms with van der Waals surface area (Å²) >= 11 is 0. The third-order valence-corrected chi connectivity index (χ3v) is 2.65. The van der Waals surface area contributed by atoms with Gasteiger partial charge in [-0.1, -0.05) is 50.1 Å². The molecule has 1 atom stereocenters. The summed E-state index contributed by atoms with van der Waals surface area (Å²) < 4.78 is 5.96. The Morgan fingerprint density at radius 2 is 1.81 bits per heavy atom. The van der Waals surface area contributed by atoms with Crippen LogP contribution in [0.25, 0.3) is 0 Å². The van der Waals surface area contributed by atoms with Crippen molar-refractivity contribution in [3.05, 3.63) is 35.9 Å². The van der Waals surface area contributed by atoms with Gasteiger partial charge in [-0.2, -0.15) is 0 Å². The van der Waals surface area contributed by atoms with E-state index in [2.05, 4.69) is 51.1 Å². The zero-order valence-electron chi connectivity index (χ0n) is 10.8. The molecular weight excluding hydrogens is 196 g/mol. The van der Waals surface area contributed by atoms with Gasteiger partial charge in [0.1, 0.15) is 0 Å². The monoisotopic (exact) mass is 220 g/mol. The van der Waals surface area contributed by atoms with Crippen LogP contribution in [0.2, 0.25) is 0 Å². The molecule has 1 aromatic carbocycles. The predicted molar refractivity (Wildman–Crippen MR) is 69.7 cm³/mol. The molecule has 1 rings (SSSR count). The van der Waals surface area contributed by atoms with Gasteiger partial charge in [0.15, 0.2) is 0 Å². The number of unbranched alkanes of at least 4 members (excludes halogenated alkanes) is 1. The Balaban J connectivity index is 2.49. The Labute approximate surface area is 99.8 Å². The molecule has 0 saturated carbocycles. The smallest absolute Gasteiger partial charge is 0.0618 e. The van der Waals surface area contributed by atoms with E-state index in [0.717, 1.165) is 6.42 Å². The molecule has 90 valence electrons. The number of benzene rings is 1. The van der Waals surface area contributed by atoms with Gasteiger partial charge in [0.25, 0.3) is 0 Å². The van der Waals surface area contributed by atoms with Crippen molar-refractivity contribution >= 4 is 0 Å². The lowest BCUT2D eigenvalue weighted by atomic mass is 10.0. The quantitative estimate of drug-likeness (QED) is 0.668. The first-order chi connectivity index (χ1) is 7.72. The molecule has 0 aromatic heterocycles. The molecule has 1 unspecified atom stereocenters. The molecule has 0 aliphatic carbocycles. The van der Waals surface area contributed by atoms with E-state index >= 15 is 0 Å². The van der Waals surface area contributed by atoms with Gasteiger partial charge in [0.2, 0.25) is 0 Å². The van der Waals surface area contributed by atoms with Crippen molar-refractivity contribution in [3.63, 3.8) is 0 Å². The fourth-order valence-corrected chi connectivity index (χ4v) is 1.91. The SMILES string of the molecule is CCCCC(Cc1ccccc1)OC(C)C. The van der Waals surface area contributed by atoms with E-state index < -0.39 is 0 Å². The highest BCUT2D eigenvalue weighted by Gasteiger charge is 2.11. The van der Waals surface area contributed by atoms with Crippen LogP contribution in [0.4, 0.5) is 0 Å². The summed E-state index contributed by atoms with van der Waals surface area (Å²) in [6.45, 7) is 6.46. The fourth-order valence-electron chi connectivity index (χ4n) is 1.91. The Bertz CT molecular complexity index is 266. The van der Waals surface area contributed by atoms with Crippen LogP contribution in [0.1, 0.15) is 45.6 Å². The zero-order chi connectivity index (χ0) is 11.8. The lowest BCUT2D eigenvalue weighted by molar-refractivity contribution is 0.00261. The highest BCUT2D eigenvalue weighted by atomic mass is 16.5. The highest BCUT2D eigenvalue weighted by molar-refractivity contribution is 5.15. The van der Waals surface area contributed by atoms with Gasteiger partial charge in [-0.05, 0) is 32.3 Å². The van der Waals surface area contributed by atoms with Crippen molar-refractivity contribution in [1.29, 1.82) is 0 Å². The van der Waals surface area contributed by atoms with E-state index in [4.69, 9.17) is 4.74 Å². The van der Waals surface area contributed by atoms with Gasteiger partial charge in [-0.25, -0.2) is 0 Å². The molecule has 0 spiro atoms. The molecule has 0 heterocycles. The van der Waals surface area contributed by atoms with E-state index in [-0.39, 0.29) is 0 Å². The van der Waals surface area contributed by atoms with E-state index in [1.807, 2.05) is 0 Å². The van der Waals surface area contributed by atoms with Gasteiger partial charge in [-0.3, -0.25) is 0 Å². The van der Waals surface area contributed by atoms with Crippen molar-refractivity contribution in [2.24, 2.45) is 0 Å². The molecule has 1 nitrogen and oxygen atoms in total. The second kappa shape index (κ2) is 7.45. The Morgan fingerprint density at radius 1 is 1.12 bits per heavy atom. The van der Waals surface area contributed by atoms with Crippen LogP contribution in [-0.4, -0.2) is 12.2 Å². The van der Waals surface area contributed by atoms with Gasteiger partial charge >= 0.3 is 0 Å². The number of ether oxygens (including phenoxy) is 1. The Kier molecular flexibility index (Phi) is 6.17. The van der Waals surface area contributed by atoms with Crippen molar-refractivity contribution in [2.75, 3.05) is 0 Å². The molecule has 0 fully saturated rings. The Morgan fingerprint density at radius 3 is 2.38 bits per heavy atom. The summed E-state index contributed by atoms with van der Waals surface area (Å²) in [6, 6.07) is 10.6. The molecule has 0 aliphatic heterocycles. The predicted octanol–water partition coefficient (Wildman–Crippen LogP) is 4.21. The van der Waals surface area contributed by atoms with E-state index in [9.17, 15) is 0 Å². The summed E-state index contributed by atoms with van der Waals surface area (Å²) in [5.74, 6) is 0. The van der Waals surface area contributed by atoms with Crippen LogP contribution < -0.4 is 0 Å². The van der Waals surface area contributed by atoms with E-state index in [1.165, 1.54) is 24.8 Å². The third-order valence-electron chi connectivity index (χ3n) is 2.65. The normalized spacial score (nSPS) is 13.0. The van der Waals surface area contributed by atoms with Crippen LogP contribution in [0.3, 0.4) is 0 Å². The second-order valence-electron chi connectivity index (χ2n) is 4.64. The minimum atomic E-state index is 0.325. The van der Waals surface area contributed by atoms with Crippen molar-refractivity contribution < 1.29 is 4.74 Å². The molecule has 0 saturated heterocycles. The van der Waals surface area contributed by atoms with Crippen LogP contribution in [0.15, 0.2) is 30.3 Å². The highest BCUT2D eigenvalue weighted by Crippen LogP contribution is 2.13. The summed E-state index contributed by atoms with van der Waals surface area (Å²) in [5, 5.41) is 0. The molecule has 1 heteroatoms. The number of hydrogen-bond donors (Lipinski definition) is 0. The van der Waals surface area contributed by atoms with Gasteiger partial charge in [0.05, 0.1) is 12.2 Å². The topological polar surface area (TPSA) is 9.23 Å². The maximum atomic E-state index is 5.96. The largest absolute Gasteiger partial charge is 0.375 e. The molecule has 0 radical (unpaired) electrons. The summed E-state index contributed by atoms with van der Waals surface area (Å²) in [6.07, 6.45) is 5.41. The molecular formula is C15H24O. The van der Waals surface area contributed by atoms with Crippen molar-refractivity contribution in [1.82, 2.24) is 0 Å². The molecule has 16 heavy (non-hydrogen) atoms. The van der Waals surface area contributed by atoms with Gasteiger partial charge in [0, 0.05) is 0 Å². The summed E-state index contributed by atoms with van der Waals surface area (Å²) in [5.41, 5.74) is 1.38. The first-order valence-corrected chi connectivity index (χ1v) is 6.41. The van der Waals surface area contributed by atoms with Crippen LogP contribution in [0, 0.1) is 0 Å². The summed E-state index contributed by atoms with van der Waals surface area (Å²) in [4.78, 5) is 0. The molecule has 1 aromatic rings. The van der Waals surface area contributed by atoms with Crippen LogP contribution >= 0.6 is 0 Å². The lowest BCUT2D eigenvalue weighted by Gasteiger charge is -2.20. The van der Waals surface area contributed by atoms with Crippen molar-refractivity contribution in [2.45, 2.75) is 58.7 Å².